The number of benzene rings is 15. The number of allylic oxidation sites excluding steroid dienone is 4. The molecule has 10 heterocycles. The summed E-state index contributed by atoms with van der Waals surface area (Å²) in [7, 11) is 0. The quantitative estimate of drug-likeness (QED) is 0.140. The molecular weight excluding hydrogens is 1330 g/mol. The van der Waals surface area contributed by atoms with Crippen LogP contribution >= 0.6 is 0 Å². The zero-order valence-electron chi connectivity index (χ0n) is 60.5. The van der Waals surface area contributed by atoms with Gasteiger partial charge in [0.25, 0.3) is 0 Å². The average Bonchev–Trinajstić information content (AvgIpc) is 0.741. The first kappa shape index (κ1) is 64.7. The summed E-state index contributed by atoms with van der Waals surface area (Å²) in [5, 5.41) is 13.0. The van der Waals surface area contributed by atoms with Gasteiger partial charge in [-0.2, -0.15) is 0 Å². The van der Waals surface area contributed by atoms with Gasteiger partial charge in [-0.15, -0.1) is 0 Å². The normalized spacial score (nSPS) is 14.7. The Morgan fingerprint density at radius 2 is 0.582 bits per heavy atom. The van der Waals surface area contributed by atoms with Crippen LogP contribution in [0.2, 0.25) is 0 Å². The van der Waals surface area contributed by atoms with E-state index >= 15 is 0 Å². The molecule has 0 aromatic heterocycles. The largest absolute Gasteiger partial charge is 0.383 e. The van der Waals surface area contributed by atoms with Crippen molar-refractivity contribution in [3.05, 3.63) is 422 Å². The molecule has 10 aliphatic heterocycles. The Morgan fingerprint density at radius 3 is 1.20 bits per heavy atom. The van der Waals surface area contributed by atoms with E-state index in [1.807, 2.05) is 0 Å². The molecular formula is C100H70B5N5. The number of rotatable bonds is 0. The molecule has 110 heavy (non-hydrogen) atoms. The van der Waals surface area contributed by atoms with Gasteiger partial charge in [0.05, 0.1) is 0 Å². The maximum absolute atomic E-state index is 2.40. The molecule has 10 heteroatoms. The maximum Gasteiger partial charge on any atom is 0.320 e. The van der Waals surface area contributed by atoms with Crippen molar-refractivity contribution in [1.29, 1.82) is 0 Å². The summed E-state index contributed by atoms with van der Waals surface area (Å²) in [6.07, 6.45) is 33.0. The highest BCUT2D eigenvalue weighted by Crippen LogP contribution is 2.44. The Labute approximate surface area is 644 Å². The van der Waals surface area contributed by atoms with E-state index in [4.69, 9.17) is 0 Å². The highest BCUT2D eigenvalue weighted by atomic mass is 15.1. The summed E-state index contributed by atoms with van der Waals surface area (Å²) in [4.78, 5) is 11.9. The van der Waals surface area contributed by atoms with Crippen LogP contribution < -0.4 is 51.4 Å². The molecule has 15 aromatic carbocycles. The summed E-state index contributed by atoms with van der Waals surface area (Å²) in [6, 6.07) is 109. The van der Waals surface area contributed by atoms with Crippen LogP contribution in [0.1, 0.15) is 33.4 Å². The molecule has 0 bridgehead atoms. The molecule has 0 saturated heterocycles. The van der Waals surface area contributed by atoms with E-state index in [0.29, 0.717) is 34.2 Å². The molecule has 0 aliphatic carbocycles. The fourth-order valence-electron chi connectivity index (χ4n) is 18.2. The van der Waals surface area contributed by atoms with Crippen molar-refractivity contribution < 1.29 is 0 Å². The van der Waals surface area contributed by atoms with Crippen molar-refractivity contribution in [3.8, 4) is 22.3 Å². The van der Waals surface area contributed by atoms with Gasteiger partial charge in [-0.05, 0) is 201 Å². The smallest absolute Gasteiger partial charge is 0.320 e. The number of fused-ring (bicyclic) bond motifs is 35. The lowest BCUT2D eigenvalue weighted by Gasteiger charge is -2.37. The lowest BCUT2D eigenvalue weighted by molar-refractivity contribution is 1.37. The van der Waals surface area contributed by atoms with Crippen LogP contribution in [0.25, 0.3) is 113 Å². The summed E-state index contributed by atoms with van der Waals surface area (Å²) in [5.41, 5.74) is 26.6. The van der Waals surface area contributed by atoms with Crippen LogP contribution in [0.5, 0.6) is 0 Å². The molecule has 0 fully saturated rings. The zero-order chi connectivity index (χ0) is 72.6. The van der Waals surface area contributed by atoms with Gasteiger partial charge in [-0.1, -0.05) is 333 Å². The predicted octanol–water partition coefficient (Wildman–Crippen LogP) is 20.6. The molecule has 15 aromatic rings. The van der Waals surface area contributed by atoms with Crippen LogP contribution in [-0.2, 0) is 0 Å². The Hall–Kier alpha value is -13.7. The molecule has 0 N–H and O–H groups in total. The Bertz CT molecular complexity index is 6530. The molecule has 5 nitrogen and oxygen atoms in total. The third kappa shape index (κ3) is 11.2. The number of anilines is 5. The summed E-state index contributed by atoms with van der Waals surface area (Å²) >= 11 is 0. The highest BCUT2D eigenvalue weighted by molar-refractivity contribution is 6.86. The van der Waals surface area contributed by atoms with Gasteiger partial charge in [-0.3, -0.25) is 0 Å². The van der Waals surface area contributed by atoms with Crippen LogP contribution in [0.4, 0.5) is 28.4 Å². The van der Waals surface area contributed by atoms with Crippen molar-refractivity contribution >= 4 is 180 Å². The van der Waals surface area contributed by atoms with Crippen molar-refractivity contribution in [2.75, 3.05) is 24.1 Å². The predicted molar refractivity (Wildman–Crippen MR) is 480 cm³/mol. The molecule has 0 atom stereocenters. The molecule has 25 rings (SSSR count). The Morgan fingerprint density at radius 1 is 0.191 bits per heavy atom. The molecule has 0 spiro atoms. The average molecular weight is 1400 g/mol. The minimum Gasteiger partial charge on any atom is -0.383 e. The van der Waals surface area contributed by atoms with Crippen LogP contribution in [-0.4, -0.2) is 34.2 Å². The van der Waals surface area contributed by atoms with Crippen LogP contribution in [0, 0.1) is 0 Å². The van der Waals surface area contributed by atoms with Gasteiger partial charge in [-0.25, -0.2) is 0 Å². The zero-order valence-corrected chi connectivity index (χ0v) is 60.5. The summed E-state index contributed by atoms with van der Waals surface area (Å²) in [6.45, 7) is 1.48. The van der Waals surface area contributed by atoms with E-state index in [0.717, 1.165) is 0 Å². The van der Waals surface area contributed by atoms with Crippen molar-refractivity contribution in [1.82, 2.24) is 0 Å². The van der Waals surface area contributed by atoms with Gasteiger partial charge in [0.1, 0.15) is 0 Å². The monoisotopic (exact) mass is 1400 g/mol. The van der Waals surface area contributed by atoms with Crippen LogP contribution in [0.15, 0.2) is 388 Å². The molecule has 0 saturated carbocycles. The molecule has 510 valence electrons. The summed E-state index contributed by atoms with van der Waals surface area (Å²) < 4.78 is 0. The van der Waals surface area contributed by atoms with Crippen molar-refractivity contribution in [2.45, 2.75) is 0 Å². The van der Waals surface area contributed by atoms with Crippen molar-refractivity contribution in [2.24, 2.45) is 0 Å². The third-order valence-corrected chi connectivity index (χ3v) is 23.4. The number of hydrogen-bond acceptors (Lipinski definition) is 5. The summed E-state index contributed by atoms with van der Waals surface area (Å²) in [5.74, 6) is 11.5. The second kappa shape index (κ2) is 27.3. The highest BCUT2D eigenvalue weighted by Gasteiger charge is 2.37. The van der Waals surface area contributed by atoms with E-state index in [-0.39, 0.29) is 0 Å². The van der Waals surface area contributed by atoms with Gasteiger partial charge in [0.2, 0.25) is 0 Å². The van der Waals surface area contributed by atoms with Crippen molar-refractivity contribution in [3.63, 3.8) is 0 Å². The fraction of sp³-hybridized carbons (Fsp3) is 0. The van der Waals surface area contributed by atoms with E-state index in [1.54, 1.807) is 0 Å². The van der Waals surface area contributed by atoms with Crippen LogP contribution in [0.3, 0.4) is 0 Å². The van der Waals surface area contributed by atoms with E-state index in [1.165, 1.54) is 165 Å². The maximum atomic E-state index is 2.40. The second-order valence-electron chi connectivity index (χ2n) is 29.4. The fourth-order valence-corrected chi connectivity index (χ4v) is 18.2. The van der Waals surface area contributed by atoms with Gasteiger partial charge >= 0.3 is 34.2 Å². The number of hydrogen-bond donors (Lipinski definition) is 0. The standard InChI is InChI=1S/5C20H14BN/c1-3-7-18-15(5-1)9-10-17-11-13-21-19-8-4-2-6-16(19)12-14-22(21)20(17)18;1-3-7-17-15(5-1)9-10-20-18(17)11-13-21-19-8-4-2-6-16(19)12-14-22(20)21;1-2-8-16-15(7-1)11-12-18-17-9-3-4-10-19(17)21-13-5-6-14-22(21)20(16)18;1-2-8-16-14-20-18(13-15(16)7-1)17-9-3-4-10-19(17)21-11-5-6-12-22(20)21;1-2-7-17-14-20-18(13-16(17)6-1)9-11-21-19-8-4-3-5-15(19)10-12-22(20)21/h5*1-14H. The van der Waals surface area contributed by atoms with E-state index in [9.17, 15) is 0 Å². The SMILES string of the molecule is C1=CB2c3ccccc3-c3cc4ccccc4cc3N2C=C1.C1=CB2c3ccccc3-c3ccc4ccccc4c3N2C=C1.C1=Cc2c(ccc3ccccc23)N2C=Cc3ccccc3B12.C1=Cc2cc3ccccc3cc2N2C=Cc3ccccc3B12.C1=Cc2ccc3ccccc3c2N2C=Cc3ccccc3B12. The topological polar surface area (TPSA) is 16.2 Å². The number of nitrogens with zero attached hydrogens (tertiary/aromatic N) is 5. The molecule has 0 amide bonds. The Kier molecular flexibility index (Phi) is 16.0. The minimum atomic E-state index is 0.291. The molecule has 0 unspecified atom stereocenters. The third-order valence-electron chi connectivity index (χ3n) is 23.4. The van der Waals surface area contributed by atoms with E-state index in [2.05, 4.69) is 449 Å². The first-order valence-electron chi connectivity index (χ1n) is 38.4. The second-order valence-corrected chi connectivity index (χ2v) is 29.4. The van der Waals surface area contributed by atoms with Gasteiger partial charge < -0.3 is 24.1 Å². The molecule has 0 radical (unpaired) electrons. The van der Waals surface area contributed by atoms with Gasteiger partial charge in [0, 0.05) is 55.9 Å². The lowest BCUT2D eigenvalue weighted by atomic mass is 9.49. The first-order chi connectivity index (χ1) is 54.6. The molecule has 10 aliphatic rings. The minimum absolute atomic E-state index is 0.291. The van der Waals surface area contributed by atoms with E-state index < -0.39 is 0 Å². The van der Waals surface area contributed by atoms with Gasteiger partial charge in [0.15, 0.2) is 0 Å². The Balaban J connectivity index is 0.0000000873. The lowest BCUT2D eigenvalue weighted by Crippen LogP contribution is -2.49. The first-order valence-corrected chi connectivity index (χ1v) is 38.4.